The van der Waals surface area contributed by atoms with E-state index < -0.39 is 0 Å². The Morgan fingerprint density at radius 2 is 1.53 bits per heavy atom. The number of ketones is 1. The minimum atomic E-state index is -0.134. The Bertz CT molecular complexity index is 213. The number of ether oxygens (including phenoxy) is 2. The third kappa shape index (κ3) is 13.0. The van der Waals surface area contributed by atoms with Crippen molar-refractivity contribution in [1.29, 1.82) is 0 Å². The molecular weight excluding hydrogens is 220 g/mol. The first-order chi connectivity index (χ1) is 8.16. The smallest absolute Gasteiger partial charge is 0.305 e. The van der Waals surface area contributed by atoms with Crippen LogP contribution in [0, 0.1) is 0 Å². The van der Waals surface area contributed by atoms with Crippen LogP contribution in [-0.4, -0.2) is 32.1 Å². The van der Waals surface area contributed by atoms with Crippen molar-refractivity contribution >= 4 is 11.8 Å². The molecule has 0 N–H and O–H groups in total. The van der Waals surface area contributed by atoms with Gasteiger partial charge < -0.3 is 14.3 Å². The van der Waals surface area contributed by atoms with Gasteiger partial charge in [-0.15, -0.1) is 0 Å². The molecule has 0 aromatic heterocycles. The molecule has 0 aliphatic rings. The lowest BCUT2D eigenvalue weighted by molar-refractivity contribution is -0.143. The number of Topliss-reactive ketones (excluding diaryl/α,β-unsaturated/α-hetero) is 1. The molecule has 0 aliphatic carbocycles. The Hall–Kier alpha value is -0.900. The summed E-state index contributed by atoms with van der Waals surface area (Å²) in [5.41, 5.74) is 0. The molecule has 0 radical (unpaired) electrons. The maximum atomic E-state index is 11.3. The molecule has 4 heteroatoms. The second-order valence-electron chi connectivity index (χ2n) is 4.18. The first-order valence-electron chi connectivity index (χ1n) is 6.31. The maximum absolute atomic E-state index is 11.3. The highest BCUT2D eigenvalue weighted by Crippen LogP contribution is 2.05. The molecule has 0 rings (SSSR count). The van der Waals surface area contributed by atoms with Crippen molar-refractivity contribution in [2.45, 2.75) is 51.9 Å². The van der Waals surface area contributed by atoms with Crippen LogP contribution in [0.4, 0.5) is 0 Å². The van der Waals surface area contributed by atoms with Gasteiger partial charge in [0.25, 0.3) is 0 Å². The number of methoxy groups -OCH3 is 1. The molecule has 0 heterocycles. The Morgan fingerprint density at radius 3 is 2.18 bits per heavy atom. The number of rotatable bonds is 11. The van der Waals surface area contributed by atoms with Gasteiger partial charge in [0.05, 0.1) is 6.61 Å². The lowest BCUT2D eigenvalue weighted by Crippen LogP contribution is -2.06. The topological polar surface area (TPSA) is 52.6 Å². The van der Waals surface area contributed by atoms with Crippen molar-refractivity contribution in [2.24, 2.45) is 0 Å². The monoisotopic (exact) mass is 244 g/mol. The maximum Gasteiger partial charge on any atom is 0.305 e. The Labute approximate surface area is 104 Å². The molecule has 0 unspecified atom stereocenters. The molecule has 4 nitrogen and oxygen atoms in total. The summed E-state index contributed by atoms with van der Waals surface area (Å²) in [6.45, 7) is 2.78. The molecule has 0 bridgehead atoms. The lowest BCUT2D eigenvalue weighted by Gasteiger charge is -2.04. The average Bonchev–Trinajstić information content (AvgIpc) is 2.28. The highest BCUT2D eigenvalue weighted by molar-refractivity contribution is 5.75. The third-order valence-electron chi connectivity index (χ3n) is 2.42. The quantitative estimate of drug-likeness (QED) is 0.414. The largest absolute Gasteiger partial charge is 0.466 e. The van der Waals surface area contributed by atoms with Crippen molar-refractivity contribution in [3.05, 3.63) is 0 Å². The molecule has 0 saturated heterocycles. The van der Waals surface area contributed by atoms with E-state index in [1.165, 1.54) is 0 Å². The fraction of sp³-hybridized carbons (Fsp3) is 0.846. The van der Waals surface area contributed by atoms with Crippen LogP contribution >= 0.6 is 0 Å². The predicted molar refractivity (Wildman–Crippen MR) is 65.8 cm³/mol. The summed E-state index contributed by atoms with van der Waals surface area (Å²) in [6, 6.07) is 0. The fourth-order valence-corrected chi connectivity index (χ4v) is 1.43. The van der Waals surface area contributed by atoms with Crippen molar-refractivity contribution in [2.75, 3.05) is 20.3 Å². The van der Waals surface area contributed by atoms with Crippen LogP contribution < -0.4 is 0 Å². The van der Waals surface area contributed by atoms with Crippen LogP contribution in [0.5, 0.6) is 0 Å². The molecular formula is C13H24O4. The van der Waals surface area contributed by atoms with Gasteiger partial charge in [0.1, 0.15) is 5.78 Å². The summed E-state index contributed by atoms with van der Waals surface area (Å²) in [6.07, 6.45) is 5.44. The second-order valence-corrected chi connectivity index (χ2v) is 4.18. The molecule has 0 fully saturated rings. The zero-order valence-electron chi connectivity index (χ0n) is 11.0. The third-order valence-corrected chi connectivity index (χ3v) is 2.42. The van der Waals surface area contributed by atoms with Gasteiger partial charge in [-0.05, 0) is 32.6 Å². The van der Waals surface area contributed by atoms with Gasteiger partial charge in [0.15, 0.2) is 0 Å². The summed E-state index contributed by atoms with van der Waals surface area (Å²) >= 11 is 0. The average molecular weight is 244 g/mol. The van der Waals surface area contributed by atoms with Gasteiger partial charge >= 0.3 is 5.97 Å². The van der Waals surface area contributed by atoms with Crippen LogP contribution in [0.2, 0.25) is 0 Å². The fourth-order valence-electron chi connectivity index (χ4n) is 1.43. The molecule has 0 amide bonds. The van der Waals surface area contributed by atoms with Gasteiger partial charge in [0.2, 0.25) is 0 Å². The molecule has 0 spiro atoms. The zero-order chi connectivity index (χ0) is 12.9. The first-order valence-corrected chi connectivity index (χ1v) is 6.31. The van der Waals surface area contributed by atoms with Gasteiger partial charge in [-0.2, -0.15) is 0 Å². The Balaban J connectivity index is 3.20. The molecule has 100 valence electrons. The number of hydrogen-bond acceptors (Lipinski definition) is 4. The van der Waals surface area contributed by atoms with E-state index >= 15 is 0 Å². The van der Waals surface area contributed by atoms with Crippen LogP contribution in [-0.2, 0) is 19.1 Å². The van der Waals surface area contributed by atoms with Crippen molar-refractivity contribution in [3.63, 3.8) is 0 Å². The van der Waals surface area contributed by atoms with Crippen LogP contribution in [0.25, 0.3) is 0 Å². The summed E-state index contributed by atoms with van der Waals surface area (Å²) < 4.78 is 9.95. The zero-order valence-corrected chi connectivity index (χ0v) is 11.0. The van der Waals surface area contributed by atoms with E-state index in [4.69, 9.17) is 9.47 Å². The van der Waals surface area contributed by atoms with E-state index in [2.05, 4.69) is 0 Å². The molecule has 0 aromatic rings. The Morgan fingerprint density at radius 1 is 0.882 bits per heavy atom. The summed E-state index contributed by atoms with van der Waals surface area (Å²) in [7, 11) is 1.66. The van der Waals surface area contributed by atoms with Gasteiger partial charge in [0, 0.05) is 26.6 Å². The van der Waals surface area contributed by atoms with Crippen LogP contribution in [0.1, 0.15) is 51.9 Å². The van der Waals surface area contributed by atoms with Crippen LogP contribution in [0.15, 0.2) is 0 Å². The molecule has 17 heavy (non-hydrogen) atoms. The van der Waals surface area contributed by atoms with E-state index in [0.29, 0.717) is 26.1 Å². The number of esters is 1. The summed E-state index contributed by atoms with van der Waals surface area (Å²) in [4.78, 5) is 21.9. The first kappa shape index (κ1) is 16.1. The number of unbranched alkanes of at least 4 members (excludes halogenated alkanes) is 3. The molecule has 0 atom stereocenters. The van der Waals surface area contributed by atoms with E-state index in [1.54, 1.807) is 14.0 Å². The molecule has 0 aromatic carbocycles. The van der Waals surface area contributed by atoms with Crippen molar-refractivity contribution < 1.29 is 19.1 Å². The van der Waals surface area contributed by atoms with Crippen molar-refractivity contribution in [3.8, 4) is 0 Å². The van der Waals surface area contributed by atoms with E-state index in [1.807, 2.05) is 0 Å². The van der Waals surface area contributed by atoms with Gasteiger partial charge in [-0.1, -0.05) is 6.42 Å². The predicted octanol–water partition coefficient (Wildman–Crippen LogP) is 2.50. The van der Waals surface area contributed by atoms with Crippen molar-refractivity contribution in [1.82, 2.24) is 0 Å². The minimum Gasteiger partial charge on any atom is -0.466 e. The van der Waals surface area contributed by atoms with Gasteiger partial charge in [-0.25, -0.2) is 0 Å². The van der Waals surface area contributed by atoms with E-state index in [0.717, 1.165) is 32.1 Å². The second kappa shape index (κ2) is 11.6. The highest BCUT2D eigenvalue weighted by atomic mass is 16.5. The normalized spacial score (nSPS) is 10.2. The summed E-state index contributed by atoms with van der Waals surface area (Å²) in [5, 5.41) is 0. The SMILES string of the molecule is COCCCCOC(=O)CCCCCC(C)=O. The molecule has 0 aliphatic heterocycles. The number of carbonyl (C=O) groups excluding carboxylic acids is 2. The number of hydrogen-bond donors (Lipinski definition) is 0. The van der Waals surface area contributed by atoms with Crippen LogP contribution in [0.3, 0.4) is 0 Å². The minimum absolute atomic E-state index is 0.134. The molecule has 0 saturated carbocycles. The Kier molecular flexibility index (Phi) is 11.0. The van der Waals surface area contributed by atoms with Gasteiger partial charge in [-0.3, -0.25) is 4.79 Å². The number of carbonyl (C=O) groups is 2. The van der Waals surface area contributed by atoms with E-state index in [9.17, 15) is 9.59 Å². The highest BCUT2D eigenvalue weighted by Gasteiger charge is 2.02. The standard InChI is InChI=1S/C13H24O4/c1-12(14)8-4-3-5-9-13(15)17-11-7-6-10-16-2/h3-11H2,1-2H3. The van der Waals surface area contributed by atoms with E-state index in [-0.39, 0.29) is 11.8 Å². The summed E-state index contributed by atoms with van der Waals surface area (Å²) in [5.74, 6) is 0.0796. The lowest BCUT2D eigenvalue weighted by atomic mass is 10.1.